The summed E-state index contributed by atoms with van der Waals surface area (Å²) in [5.74, 6) is 1.25. The Morgan fingerprint density at radius 2 is 2.25 bits per heavy atom. The molecule has 0 aliphatic carbocycles. The van der Waals surface area contributed by atoms with Crippen LogP contribution in [-0.4, -0.2) is 9.97 Å². The Morgan fingerprint density at radius 1 is 1.44 bits per heavy atom. The van der Waals surface area contributed by atoms with Crippen LogP contribution in [0, 0.1) is 0 Å². The topological polar surface area (TPSA) is 28.7 Å². The molecular weight excluding hydrogens is 288 g/mol. The summed E-state index contributed by atoms with van der Waals surface area (Å²) < 4.78 is 1.10. The maximum absolute atomic E-state index is 5.77. The van der Waals surface area contributed by atoms with Crippen molar-refractivity contribution in [2.75, 3.05) is 0 Å². The molecule has 0 amide bonds. The fourth-order valence-corrected chi connectivity index (χ4v) is 2.52. The first-order chi connectivity index (χ1) is 7.76. The Labute approximate surface area is 109 Å². The van der Waals surface area contributed by atoms with Gasteiger partial charge in [-0.2, -0.15) is 0 Å². The van der Waals surface area contributed by atoms with Gasteiger partial charge in [-0.3, -0.25) is 0 Å². The van der Waals surface area contributed by atoms with Crippen molar-refractivity contribution in [3.63, 3.8) is 0 Å². The molecule has 1 N–H and O–H groups in total. The maximum Gasteiger partial charge on any atom is 0.122 e. The van der Waals surface area contributed by atoms with Gasteiger partial charge in [0.1, 0.15) is 11.3 Å². The van der Waals surface area contributed by atoms with Gasteiger partial charge in [-0.05, 0) is 40.4 Å². The first-order valence-corrected chi connectivity index (χ1v) is 6.81. The number of aromatic amines is 1. The molecule has 0 saturated heterocycles. The van der Waals surface area contributed by atoms with Crippen LogP contribution in [0.15, 0.2) is 16.6 Å². The number of hydrogen-bond donors (Lipinski definition) is 1. The summed E-state index contributed by atoms with van der Waals surface area (Å²) in [6.45, 7) is 2.20. The van der Waals surface area contributed by atoms with E-state index < -0.39 is 0 Å². The highest BCUT2D eigenvalue weighted by molar-refractivity contribution is 9.10. The molecule has 1 aromatic heterocycles. The van der Waals surface area contributed by atoms with E-state index in [4.69, 9.17) is 11.6 Å². The van der Waals surface area contributed by atoms with E-state index in [1.807, 2.05) is 0 Å². The normalized spacial score (nSPS) is 11.2. The molecule has 0 aliphatic heterocycles. The summed E-state index contributed by atoms with van der Waals surface area (Å²) in [4.78, 5) is 7.66. The SMILES string of the molecule is CCCCc1ccc2[nH]c(CCl)nc2c1Br. The molecule has 2 rings (SSSR count). The van der Waals surface area contributed by atoms with Crippen molar-refractivity contribution in [2.24, 2.45) is 0 Å². The van der Waals surface area contributed by atoms with Gasteiger partial charge in [-0.1, -0.05) is 19.4 Å². The summed E-state index contributed by atoms with van der Waals surface area (Å²) in [6.07, 6.45) is 3.50. The smallest absolute Gasteiger partial charge is 0.122 e. The maximum atomic E-state index is 5.77. The van der Waals surface area contributed by atoms with Crippen LogP contribution in [0.1, 0.15) is 31.2 Å². The molecule has 0 radical (unpaired) electrons. The number of fused-ring (bicyclic) bond motifs is 1. The quantitative estimate of drug-likeness (QED) is 0.833. The van der Waals surface area contributed by atoms with Gasteiger partial charge in [0, 0.05) is 4.47 Å². The van der Waals surface area contributed by atoms with Crippen LogP contribution in [0.5, 0.6) is 0 Å². The summed E-state index contributed by atoms with van der Waals surface area (Å²) in [5, 5.41) is 0. The van der Waals surface area contributed by atoms with Crippen molar-refractivity contribution in [3.05, 3.63) is 28.0 Å². The van der Waals surface area contributed by atoms with Crippen LogP contribution >= 0.6 is 27.5 Å². The van der Waals surface area contributed by atoms with Crippen molar-refractivity contribution in [1.82, 2.24) is 9.97 Å². The minimum atomic E-state index is 0.422. The third kappa shape index (κ3) is 2.25. The van der Waals surface area contributed by atoms with E-state index in [2.05, 4.69) is 45.0 Å². The number of aryl methyl sites for hydroxylation is 1. The van der Waals surface area contributed by atoms with E-state index in [0.717, 1.165) is 27.8 Å². The van der Waals surface area contributed by atoms with Crippen molar-refractivity contribution < 1.29 is 0 Å². The number of H-pyrrole nitrogens is 1. The zero-order valence-corrected chi connectivity index (χ0v) is 11.5. The van der Waals surface area contributed by atoms with Gasteiger partial charge < -0.3 is 4.98 Å². The van der Waals surface area contributed by atoms with E-state index in [9.17, 15) is 0 Å². The Balaban J connectivity index is 2.42. The Hall–Kier alpha value is -0.540. The first kappa shape index (κ1) is 11.9. The van der Waals surface area contributed by atoms with Gasteiger partial charge in [-0.15, -0.1) is 11.6 Å². The van der Waals surface area contributed by atoms with Crippen LogP contribution in [-0.2, 0) is 12.3 Å². The minimum Gasteiger partial charge on any atom is -0.341 e. The van der Waals surface area contributed by atoms with Crippen LogP contribution in [0.2, 0.25) is 0 Å². The average molecular weight is 302 g/mol. The van der Waals surface area contributed by atoms with Crippen molar-refractivity contribution >= 4 is 38.6 Å². The number of nitrogens with one attached hydrogen (secondary N) is 1. The molecule has 0 unspecified atom stereocenters. The monoisotopic (exact) mass is 300 g/mol. The lowest BCUT2D eigenvalue weighted by Gasteiger charge is -2.03. The molecule has 2 aromatic rings. The molecule has 4 heteroatoms. The number of hydrogen-bond acceptors (Lipinski definition) is 1. The van der Waals surface area contributed by atoms with E-state index >= 15 is 0 Å². The number of halogens is 2. The standard InChI is InChI=1S/C12H14BrClN2/c1-2-3-4-8-5-6-9-12(11(8)13)16-10(7-14)15-9/h5-6H,2-4,7H2,1H3,(H,15,16). The summed E-state index contributed by atoms with van der Waals surface area (Å²) in [5.41, 5.74) is 3.36. The fraction of sp³-hybridized carbons (Fsp3) is 0.417. The number of benzene rings is 1. The van der Waals surface area contributed by atoms with E-state index in [1.165, 1.54) is 18.4 Å². The predicted octanol–water partition coefficient (Wildman–Crippen LogP) is 4.41. The molecule has 1 heterocycles. The molecule has 0 fully saturated rings. The van der Waals surface area contributed by atoms with E-state index in [0.29, 0.717) is 5.88 Å². The highest BCUT2D eigenvalue weighted by atomic mass is 79.9. The molecule has 0 saturated carbocycles. The Bertz CT molecular complexity index is 493. The third-order valence-electron chi connectivity index (χ3n) is 2.65. The van der Waals surface area contributed by atoms with Crippen LogP contribution in [0.3, 0.4) is 0 Å². The average Bonchev–Trinajstić information content (AvgIpc) is 2.72. The zero-order valence-electron chi connectivity index (χ0n) is 9.19. The second-order valence-electron chi connectivity index (χ2n) is 3.86. The van der Waals surface area contributed by atoms with E-state index in [-0.39, 0.29) is 0 Å². The molecule has 0 aliphatic rings. The van der Waals surface area contributed by atoms with Crippen molar-refractivity contribution in [3.8, 4) is 0 Å². The molecule has 0 atom stereocenters. The van der Waals surface area contributed by atoms with Crippen LogP contribution < -0.4 is 0 Å². The van der Waals surface area contributed by atoms with Gasteiger partial charge in [0.15, 0.2) is 0 Å². The molecule has 86 valence electrons. The first-order valence-electron chi connectivity index (χ1n) is 5.48. The Morgan fingerprint density at radius 3 is 2.94 bits per heavy atom. The largest absolute Gasteiger partial charge is 0.341 e. The molecule has 16 heavy (non-hydrogen) atoms. The second kappa shape index (κ2) is 5.19. The van der Waals surface area contributed by atoms with Crippen molar-refractivity contribution in [2.45, 2.75) is 32.1 Å². The number of aromatic nitrogens is 2. The van der Waals surface area contributed by atoms with Gasteiger partial charge in [-0.25, -0.2) is 4.98 Å². The van der Waals surface area contributed by atoms with Crippen LogP contribution in [0.25, 0.3) is 11.0 Å². The molecule has 1 aromatic carbocycles. The van der Waals surface area contributed by atoms with Gasteiger partial charge in [0.2, 0.25) is 0 Å². The molecule has 0 spiro atoms. The second-order valence-corrected chi connectivity index (χ2v) is 4.92. The molecule has 2 nitrogen and oxygen atoms in total. The van der Waals surface area contributed by atoms with Gasteiger partial charge in [0.25, 0.3) is 0 Å². The van der Waals surface area contributed by atoms with Gasteiger partial charge >= 0.3 is 0 Å². The lowest BCUT2D eigenvalue weighted by atomic mass is 10.1. The number of rotatable bonds is 4. The number of alkyl halides is 1. The fourth-order valence-electron chi connectivity index (χ4n) is 1.76. The van der Waals surface area contributed by atoms with Gasteiger partial charge in [0.05, 0.1) is 11.4 Å². The summed E-state index contributed by atoms with van der Waals surface area (Å²) in [6, 6.07) is 4.23. The predicted molar refractivity (Wildman–Crippen MR) is 72.0 cm³/mol. The van der Waals surface area contributed by atoms with Crippen LogP contribution in [0.4, 0.5) is 0 Å². The molecular formula is C12H14BrClN2. The number of nitrogens with zero attached hydrogens (tertiary/aromatic N) is 1. The highest BCUT2D eigenvalue weighted by Gasteiger charge is 2.09. The third-order valence-corrected chi connectivity index (χ3v) is 3.79. The summed E-state index contributed by atoms with van der Waals surface area (Å²) >= 11 is 9.39. The van der Waals surface area contributed by atoms with E-state index in [1.54, 1.807) is 0 Å². The number of imidazole rings is 1. The zero-order chi connectivity index (χ0) is 11.5. The lowest BCUT2D eigenvalue weighted by Crippen LogP contribution is -1.87. The lowest BCUT2D eigenvalue weighted by molar-refractivity contribution is 0.793. The highest BCUT2D eigenvalue weighted by Crippen LogP contribution is 2.27. The number of unbranched alkanes of at least 4 members (excludes halogenated alkanes) is 1. The molecule has 0 bridgehead atoms. The van der Waals surface area contributed by atoms with Crippen molar-refractivity contribution in [1.29, 1.82) is 0 Å². The minimum absolute atomic E-state index is 0.422. The summed E-state index contributed by atoms with van der Waals surface area (Å²) in [7, 11) is 0. The Kier molecular flexibility index (Phi) is 3.87.